The maximum absolute atomic E-state index is 14.1. The average molecular weight is 463 g/mol. The third kappa shape index (κ3) is 3.87. The van der Waals surface area contributed by atoms with Gasteiger partial charge in [-0.25, -0.2) is 8.42 Å². The van der Waals surface area contributed by atoms with Crippen LogP contribution < -0.4 is 0 Å². The molecule has 0 amide bonds. The van der Waals surface area contributed by atoms with E-state index in [1.165, 1.54) is 36.4 Å². The Labute approximate surface area is 191 Å². The highest BCUT2D eigenvalue weighted by Crippen LogP contribution is 2.46. The normalized spacial score (nSPS) is 11.5. The average Bonchev–Trinajstić information content (AvgIpc) is 2.77. The first kappa shape index (κ1) is 22.2. The first-order valence-electron chi connectivity index (χ1n) is 10.1. The molecule has 0 unspecified atom stereocenters. The molecule has 0 saturated heterocycles. The Morgan fingerprint density at radius 1 is 0.515 bits per heavy atom. The Bertz CT molecular complexity index is 1350. The van der Waals surface area contributed by atoms with Crippen molar-refractivity contribution in [3.63, 3.8) is 0 Å². The molecular formula is C26H22O6S. The number of phenols is 4. The molecule has 7 heteroatoms. The smallest absolute Gasteiger partial charge is 0.215 e. The zero-order chi connectivity index (χ0) is 23.9. The molecule has 4 aromatic rings. The van der Waals surface area contributed by atoms with Crippen LogP contribution in [0.1, 0.15) is 11.1 Å². The van der Waals surface area contributed by atoms with Crippen molar-refractivity contribution in [2.75, 3.05) is 0 Å². The molecule has 168 valence electrons. The number of rotatable bonds is 4. The minimum absolute atomic E-state index is 0.0203. The molecule has 0 aliphatic carbocycles. The van der Waals surface area contributed by atoms with Crippen LogP contribution in [0.25, 0.3) is 22.3 Å². The fraction of sp³-hybridized carbons (Fsp3) is 0.0769. The van der Waals surface area contributed by atoms with Gasteiger partial charge in [0, 0.05) is 11.1 Å². The highest BCUT2D eigenvalue weighted by Gasteiger charge is 2.33. The molecule has 4 N–H and O–H groups in total. The van der Waals surface area contributed by atoms with Gasteiger partial charge in [0.25, 0.3) is 0 Å². The zero-order valence-corrected chi connectivity index (χ0v) is 18.8. The fourth-order valence-electron chi connectivity index (χ4n) is 3.96. The molecule has 0 saturated carbocycles. The summed E-state index contributed by atoms with van der Waals surface area (Å²) >= 11 is 0. The summed E-state index contributed by atoms with van der Waals surface area (Å²) in [6.07, 6.45) is 0. The van der Waals surface area contributed by atoms with Crippen molar-refractivity contribution < 1.29 is 28.8 Å². The first-order chi connectivity index (χ1) is 15.6. The molecule has 4 aromatic carbocycles. The second-order valence-electron chi connectivity index (χ2n) is 7.81. The summed E-state index contributed by atoms with van der Waals surface area (Å²) in [5, 5.41) is 40.8. The van der Waals surface area contributed by atoms with Crippen molar-refractivity contribution in [3.05, 3.63) is 83.9 Å². The Hall–Kier alpha value is -3.97. The third-order valence-electron chi connectivity index (χ3n) is 5.54. The van der Waals surface area contributed by atoms with Gasteiger partial charge in [-0.1, -0.05) is 36.4 Å². The van der Waals surface area contributed by atoms with Crippen LogP contribution in [-0.2, 0) is 9.84 Å². The van der Waals surface area contributed by atoms with Crippen molar-refractivity contribution in [1.29, 1.82) is 0 Å². The van der Waals surface area contributed by atoms with Crippen molar-refractivity contribution in [2.24, 2.45) is 0 Å². The summed E-state index contributed by atoms with van der Waals surface area (Å²) in [7, 11) is -4.45. The maximum atomic E-state index is 14.1. The SMILES string of the molecule is Cc1ccc(O)c(S(=O)(=O)c2c(O)ccc(C)c2-c2ccc(O)cc2)c1-c1ccc(O)cc1. The molecule has 0 fully saturated rings. The Morgan fingerprint density at radius 3 is 1.18 bits per heavy atom. The number of aryl methyl sites for hydroxylation is 2. The molecule has 0 heterocycles. The number of sulfone groups is 1. The Morgan fingerprint density at radius 2 is 0.848 bits per heavy atom. The summed E-state index contributed by atoms with van der Waals surface area (Å²) in [5.41, 5.74) is 2.70. The number of benzene rings is 4. The Balaban J connectivity index is 2.08. The lowest BCUT2D eigenvalue weighted by Gasteiger charge is -2.19. The van der Waals surface area contributed by atoms with Crippen molar-refractivity contribution in [2.45, 2.75) is 23.6 Å². The van der Waals surface area contributed by atoms with Gasteiger partial charge in [-0.15, -0.1) is 0 Å². The van der Waals surface area contributed by atoms with Gasteiger partial charge < -0.3 is 20.4 Å². The summed E-state index contributed by atoms with van der Waals surface area (Å²) in [4.78, 5) is -0.678. The van der Waals surface area contributed by atoms with E-state index in [9.17, 15) is 28.8 Å². The fourth-order valence-corrected chi connectivity index (χ4v) is 5.95. The van der Waals surface area contributed by atoms with E-state index in [1.807, 2.05) is 0 Å². The summed E-state index contributed by atoms with van der Waals surface area (Å²) in [5.74, 6) is -0.874. The van der Waals surface area contributed by atoms with Gasteiger partial charge in [0.15, 0.2) is 0 Å². The highest BCUT2D eigenvalue weighted by molar-refractivity contribution is 7.92. The first-order valence-corrected chi connectivity index (χ1v) is 11.6. The van der Waals surface area contributed by atoms with Crippen molar-refractivity contribution in [3.8, 4) is 45.3 Å². The number of aromatic hydroxyl groups is 4. The third-order valence-corrected chi connectivity index (χ3v) is 7.44. The monoisotopic (exact) mass is 462 g/mol. The van der Waals surface area contributed by atoms with Crippen LogP contribution in [0.15, 0.2) is 82.6 Å². The molecule has 0 aromatic heterocycles. The molecule has 0 spiro atoms. The molecule has 4 rings (SSSR count). The van der Waals surface area contributed by atoms with E-state index in [4.69, 9.17) is 0 Å². The van der Waals surface area contributed by atoms with Gasteiger partial charge in [-0.05, 0) is 72.5 Å². The van der Waals surface area contributed by atoms with Crippen LogP contribution in [0.5, 0.6) is 23.0 Å². The standard InChI is InChI=1S/C26H22O6S/c1-15-3-13-21(29)25(23(15)17-5-9-19(27)10-6-17)33(31,32)26-22(30)14-4-16(2)24(26)18-7-11-20(28)12-8-18/h3-14,27-30H,1-2H3. The van der Waals surface area contributed by atoms with Crippen LogP contribution in [-0.4, -0.2) is 28.8 Å². The predicted molar refractivity (Wildman–Crippen MR) is 125 cm³/mol. The summed E-state index contributed by atoms with van der Waals surface area (Å²) < 4.78 is 28.2. The lowest BCUT2D eigenvalue weighted by Crippen LogP contribution is -2.09. The van der Waals surface area contributed by atoms with E-state index < -0.39 is 21.3 Å². The number of phenolic OH excluding ortho intramolecular Hbond substituents is 4. The number of hydrogen-bond donors (Lipinski definition) is 4. The van der Waals surface area contributed by atoms with E-state index in [0.29, 0.717) is 22.3 Å². The van der Waals surface area contributed by atoms with Gasteiger partial charge >= 0.3 is 0 Å². The maximum Gasteiger partial charge on any atom is 0.215 e. The van der Waals surface area contributed by atoms with Crippen molar-refractivity contribution in [1.82, 2.24) is 0 Å². The summed E-state index contributed by atoms with van der Waals surface area (Å²) in [6.45, 7) is 3.44. The van der Waals surface area contributed by atoms with Crippen LogP contribution in [0.2, 0.25) is 0 Å². The topological polar surface area (TPSA) is 115 Å². The molecule has 0 atom stereocenters. The van der Waals surface area contributed by atoms with Crippen LogP contribution in [0, 0.1) is 13.8 Å². The van der Waals surface area contributed by atoms with Gasteiger partial charge in [-0.2, -0.15) is 0 Å². The summed E-state index contributed by atoms with van der Waals surface area (Å²) in [6, 6.07) is 17.8. The zero-order valence-electron chi connectivity index (χ0n) is 17.9. The van der Waals surface area contributed by atoms with Crippen LogP contribution in [0.4, 0.5) is 0 Å². The predicted octanol–water partition coefficient (Wildman–Crippen LogP) is 5.29. The van der Waals surface area contributed by atoms with Crippen LogP contribution >= 0.6 is 0 Å². The molecule has 0 aliphatic rings. The highest BCUT2D eigenvalue weighted by atomic mass is 32.2. The van der Waals surface area contributed by atoms with Gasteiger partial charge in [0.05, 0.1) is 0 Å². The van der Waals surface area contributed by atoms with E-state index >= 15 is 0 Å². The lowest BCUT2D eigenvalue weighted by molar-refractivity contribution is 0.453. The van der Waals surface area contributed by atoms with Gasteiger partial charge in [0.2, 0.25) is 9.84 Å². The molecule has 0 aliphatic heterocycles. The van der Waals surface area contributed by atoms with E-state index in [2.05, 4.69) is 0 Å². The molecule has 33 heavy (non-hydrogen) atoms. The van der Waals surface area contributed by atoms with Crippen molar-refractivity contribution >= 4 is 9.84 Å². The minimum atomic E-state index is -4.45. The second kappa shape index (κ2) is 8.18. The molecular weight excluding hydrogens is 440 g/mol. The van der Waals surface area contributed by atoms with Gasteiger partial charge in [-0.3, -0.25) is 0 Å². The Kier molecular flexibility index (Phi) is 5.51. The lowest BCUT2D eigenvalue weighted by atomic mass is 9.99. The second-order valence-corrected chi connectivity index (χ2v) is 9.63. The quantitative estimate of drug-likeness (QED) is 0.327. The minimum Gasteiger partial charge on any atom is -0.508 e. The van der Waals surface area contributed by atoms with Crippen LogP contribution in [0.3, 0.4) is 0 Å². The van der Waals surface area contributed by atoms with E-state index in [-0.39, 0.29) is 32.4 Å². The van der Waals surface area contributed by atoms with Gasteiger partial charge in [0.1, 0.15) is 32.8 Å². The molecule has 0 bridgehead atoms. The number of hydrogen-bond acceptors (Lipinski definition) is 6. The molecule has 6 nitrogen and oxygen atoms in total. The molecule has 0 radical (unpaired) electrons. The van der Waals surface area contributed by atoms with E-state index in [0.717, 1.165) is 0 Å². The largest absolute Gasteiger partial charge is 0.508 e. The van der Waals surface area contributed by atoms with E-state index in [1.54, 1.807) is 50.2 Å².